The van der Waals surface area contributed by atoms with Gasteiger partial charge in [-0.15, -0.1) is 11.8 Å². The fourth-order valence-corrected chi connectivity index (χ4v) is 3.74. The first kappa shape index (κ1) is 18.4. The summed E-state index contributed by atoms with van der Waals surface area (Å²) >= 11 is 5.54. The Morgan fingerprint density at radius 1 is 1.30 bits per heavy atom. The van der Waals surface area contributed by atoms with Crippen molar-refractivity contribution in [3.63, 3.8) is 0 Å². The molecule has 0 amide bonds. The van der Waals surface area contributed by atoms with E-state index in [9.17, 15) is 0 Å². The molecule has 0 spiro atoms. The van der Waals surface area contributed by atoms with E-state index in [0.29, 0.717) is 13.2 Å². The molecule has 0 aliphatic rings. The Hall–Kier alpha value is -0.890. The van der Waals surface area contributed by atoms with Crippen LogP contribution in [0.4, 0.5) is 0 Å². The molecule has 0 radical (unpaired) electrons. The topological polar surface area (TPSA) is 62.8 Å². The Labute approximate surface area is 150 Å². The maximum absolute atomic E-state index is 5.03. The lowest BCUT2D eigenvalue weighted by Crippen LogP contribution is -2.15. The van der Waals surface area contributed by atoms with Crippen LogP contribution < -0.4 is 5.32 Å². The highest BCUT2D eigenvalue weighted by Gasteiger charge is 2.17. The van der Waals surface area contributed by atoms with Gasteiger partial charge in [-0.1, -0.05) is 32.9 Å². The molecule has 0 saturated carbocycles. The van der Waals surface area contributed by atoms with Crippen molar-refractivity contribution >= 4 is 27.7 Å². The van der Waals surface area contributed by atoms with Gasteiger partial charge in [0.05, 0.1) is 6.54 Å². The minimum absolute atomic E-state index is 0.164. The van der Waals surface area contributed by atoms with Gasteiger partial charge in [-0.25, -0.2) is 4.98 Å². The Morgan fingerprint density at radius 2 is 2.09 bits per heavy atom. The zero-order chi connectivity index (χ0) is 16.9. The fraction of sp³-hybridized carbons (Fsp3) is 0.500. The Bertz CT molecular complexity index is 639. The van der Waals surface area contributed by atoms with E-state index in [1.807, 2.05) is 11.8 Å². The number of aromatic nitrogens is 3. The van der Waals surface area contributed by atoms with Crippen molar-refractivity contribution in [2.45, 2.75) is 50.1 Å². The summed E-state index contributed by atoms with van der Waals surface area (Å²) in [6, 6.07) is 6.31. The molecule has 0 aliphatic heterocycles. The van der Waals surface area contributed by atoms with Gasteiger partial charge in [-0.2, -0.15) is 5.10 Å². The highest BCUT2D eigenvalue weighted by atomic mass is 79.9. The number of benzene rings is 1. The number of methoxy groups -OCH3 is 1. The number of nitrogens with one attached hydrogen (secondary N) is 2. The van der Waals surface area contributed by atoms with Crippen molar-refractivity contribution in [3.05, 3.63) is 39.9 Å². The van der Waals surface area contributed by atoms with Gasteiger partial charge in [-0.3, -0.25) is 5.10 Å². The second kappa shape index (κ2) is 8.28. The van der Waals surface area contributed by atoms with Gasteiger partial charge in [0.2, 0.25) is 0 Å². The monoisotopic (exact) mass is 398 g/mol. The number of aromatic amines is 1. The molecule has 1 aromatic heterocycles. The molecule has 1 aromatic carbocycles. The highest BCUT2D eigenvalue weighted by Crippen LogP contribution is 2.38. The van der Waals surface area contributed by atoms with Gasteiger partial charge in [0.1, 0.15) is 6.61 Å². The van der Waals surface area contributed by atoms with E-state index in [-0.39, 0.29) is 4.75 Å². The second-order valence-electron chi connectivity index (χ2n) is 6.18. The molecule has 7 heteroatoms. The maximum Gasteiger partial charge on any atom is 0.164 e. The molecule has 1 heterocycles. The number of H-pyrrole nitrogens is 1. The van der Waals surface area contributed by atoms with Gasteiger partial charge >= 0.3 is 0 Å². The van der Waals surface area contributed by atoms with Crippen LogP contribution in [0.1, 0.15) is 38.0 Å². The van der Waals surface area contributed by atoms with Gasteiger partial charge in [-0.05, 0) is 27.6 Å². The number of rotatable bonds is 7. The fourth-order valence-electron chi connectivity index (χ4n) is 2.04. The molecule has 126 valence electrons. The van der Waals surface area contributed by atoms with Crippen LogP contribution in [0.2, 0.25) is 0 Å². The number of ether oxygens (including phenoxy) is 1. The van der Waals surface area contributed by atoms with E-state index in [1.165, 1.54) is 10.5 Å². The summed E-state index contributed by atoms with van der Waals surface area (Å²) in [6.45, 7) is 8.50. The van der Waals surface area contributed by atoms with E-state index < -0.39 is 0 Å². The second-order valence-corrected chi connectivity index (χ2v) is 8.87. The third kappa shape index (κ3) is 5.91. The predicted molar refractivity (Wildman–Crippen MR) is 97.4 cm³/mol. The van der Waals surface area contributed by atoms with Crippen LogP contribution >= 0.6 is 27.7 Å². The van der Waals surface area contributed by atoms with Crippen molar-refractivity contribution < 1.29 is 4.74 Å². The van der Waals surface area contributed by atoms with Gasteiger partial charge in [0, 0.05) is 27.8 Å². The number of thioether (sulfide) groups is 1. The van der Waals surface area contributed by atoms with Crippen molar-refractivity contribution in [3.8, 4) is 0 Å². The smallest absolute Gasteiger partial charge is 0.164 e. The van der Waals surface area contributed by atoms with E-state index in [1.54, 1.807) is 7.11 Å². The molecule has 0 atom stereocenters. The highest BCUT2D eigenvalue weighted by molar-refractivity contribution is 9.10. The molecular formula is C16H23BrN4OS. The standard InChI is InChI=1S/C16H23BrN4OS/c1-16(2,3)23-15-11(6-5-7-12(15)17)8-18-9-13-19-14(10-22-4)21-20-13/h5-7,18H,8-10H2,1-4H3,(H,19,20,21). The van der Waals surface area contributed by atoms with Crippen molar-refractivity contribution in [1.29, 1.82) is 0 Å². The minimum Gasteiger partial charge on any atom is -0.377 e. The Morgan fingerprint density at radius 3 is 2.78 bits per heavy atom. The first-order chi connectivity index (χ1) is 10.9. The molecule has 0 bridgehead atoms. The molecule has 2 aromatic rings. The van der Waals surface area contributed by atoms with Crippen LogP contribution in [-0.2, 0) is 24.4 Å². The third-order valence-corrected chi connectivity index (χ3v) is 5.14. The average Bonchev–Trinajstić information content (AvgIpc) is 2.89. The summed E-state index contributed by atoms with van der Waals surface area (Å²) in [7, 11) is 1.64. The lowest BCUT2D eigenvalue weighted by atomic mass is 10.2. The largest absolute Gasteiger partial charge is 0.377 e. The lowest BCUT2D eigenvalue weighted by Gasteiger charge is -2.21. The van der Waals surface area contributed by atoms with Gasteiger partial charge in [0.25, 0.3) is 0 Å². The number of nitrogens with zero attached hydrogens (tertiary/aromatic N) is 2. The van der Waals surface area contributed by atoms with E-state index in [0.717, 1.165) is 22.7 Å². The molecule has 0 saturated heterocycles. The summed E-state index contributed by atoms with van der Waals surface area (Å²) in [6.07, 6.45) is 0. The SMILES string of the molecule is COCc1nc(CNCc2cccc(Br)c2SC(C)(C)C)n[nH]1. The normalized spacial score (nSPS) is 11.9. The minimum atomic E-state index is 0.164. The average molecular weight is 399 g/mol. The molecular weight excluding hydrogens is 376 g/mol. The lowest BCUT2D eigenvalue weighted by molar-refractivity contribution is 0.178. The van der Waals surface area contributed by atoms with E-state index >= 15 is 0 Å². The summed E-state index contributed by atoms with van der Waals surface area (Å²) in [5.41, 5.74) is 1.27. The third-order valence-electron chi connectivity index (χ3n) is 2.91. The molecule has 23 heavy (non-hydrogen) atoms. The molecule has 2 rings (SSSR count). The Balaban J connectivity index is 1.98. The molecule has 0 aliphatic carbocycles. The zero-order valence-electron chi connectivity index (χ0n) is 13.9. The van der Waals surface area contributed by atoms with E-state index in [2.05, 4.69) is 75.4 Å². The first-order valence-corrected chi connectivity index (χ1v) is 9.06. The predicted octanol–water partition coefficient (Wildman–Crippen LogP) is 3.89. The first-order valence-electron chi connectivity index (χ1n) is 7.45. The van der Waals surface area contributed by atoms with Crippen LogP contribution in [0.15, 0.2) is 27.6 Å². The van der Waals surface area contributed by atoms with E-state index in [4.69, 9.17) is 4.74 Å². The molecule has 5 nitrogen and oxygen atoms in total. The quantitative estimate of drug-likeness (QED) is 0.692. The number of hydrogen-bond donors (Lipinski definition) is 2. The number of hydrogen-bond acceptors (Lipinski definition) is 5. The van der Waals surface area contributed by atoms with Crippen LogP contribution in [-0.4, -0.2) is 27.0 Å². The Kier molecular flexibility index (Phi) is 6.64. The summed E-state index contributed by atoms with van der Waals surface area (Å²) in [5, 5.41) is 10.4. The van der Waals surface area contributed by atoms with Crippen molar-refractivity contribution in [1.82, 2.24) is 20.5 Å². The van der Waals surface area contributed by atoms with Crippen LogP contribution in [0.3, 0.4) is 0 Å². The summed E-state index contributed by atoms with van der Waals surface area (Å²) in [5.74, 6) is 1.49. The molecule has 2 N–H and O–H groups in total. The van der Waals surface area contributed by atoms with Crippen molar-refractivity contribution in [2.24, 2.45) is 0 Å². The zero-order valence-corrected chi connectivity index (χ0v) is 16.3. The van der Waals surface area contributed by atoms with Crippen molar-refractivity contribution in [2.75, 3.05) is 7.11 Å². The summed E-state index contributed by atoms with van der Waals surface area (Å²) in [4.78, 5) is 5.64. The maximum atomic E-state index is 5.03. The van der Waals surface area contributed by atoms with Crippen LogP contribution in [0.5, 0.6) is 0 Å². The molecule has 0 fully saturated rings. The summed E-state index contributed by atoms with van der Waals surface area (Å²) < 4.78 is 6.33. The van der Waals surface area contributed by atoms with Crippen LogP contribution in [0, 0.1) is 0 Å². The van der Waals surface area contributed by atoms with Gasteiger partial charge in [0.15, 0.2) is 11.6 Å². The van der Waals surface area contributed by atoms with Crippen LogP contribution in [0.25, 0.3) is 0 Å². The molecule has 0 unspecified atom stereocenters. The van der Waals surface area contributed by atoms with Gasteiger partial charge < -0.3 is 10.1 Å². The number of halogens is 1.